The van der Waals surface area contributed by atoms with E-state index in [0.717, 1.165) is 49.7 Å². The van der Waals surface area contributed by atoms with Gasteiger partial charge in [0.05, 0.1) is 5.56 Å². The monoisotopic (exact) mass is 560 g/mol. The Bertz CT molecular complexity index is 2270. The SMILES string of the molecule is [N-]=[N+]=C(c1ccc2ccccc2c1)C1C=Cc2ccccc2C1=C(c1ccc2ccccc2c1)c1ccc2ccccc2c1. The molecule has 0 fully saturated rings. The summed E-state index contributed by atoms with van der Waals surface area (Å²) in [7, 11) is 0. The molecule has 0 spiro atoms. The molecule has 2 heteroatoms. The van der Waals surface area contributed by atoms with E-state index in [1.807, 2.05) is 12.1 Å². The molecule has 0 radical (unpaired) electrons. The largest absolute Gasteiger partial charge is 0.361 e. The van der Waals surface area contributed by atoms with Crippen molar-refractivity contribution >= 4 is 55.3 Å². The average Bonchev–Trinajstić information content (AvgIpc) is 3.09. The van der Waals surface area contributed by atoms with Gasteiger partial charge in [-0.2, -0.15) is 4.79 Å². The number of hydrogen-bond donors (Lipinski definition) is 0. The molecular formula is C42H28N2. The maximum Gasteiger partial charge on any atom is 0.310 e. The molecule has 2 nitrogen and oxygen atoms in total. The van der Waals surface area contributed by atoms with Crippen molar-refractivity contribution in [3.05, 3.63) is 191 Å². The van der Waals surface area contributed by atoms with Crippen LogP contribution in [0.5, 0.6) is 0 Å². The predicted octanol–water partition coefficient (Wildman–Crippen LogP) is 10.5. The van der Waals surface area contributed by atoms with Crippen LogP contribution in [-0.4, -0.2) is 10.5 Å². The molecule has 0 aromatic heterocycles. The molecule has 0 aliphatic heterocycles. The van der Waals surface area contributed by atoms with Gasteiger partial charge in [0.15, 0.2) is 0 Å². The summed E-state index contributed by atoms with van der Waals surface area (Å²) < 4.78 is 0. The van der Waals surface area contributed by atoms with Crippen molar-refractivity contribution < 1.29 is 4.79 Å². The highest BCUT2D eigenvalue weighted by atomic mass is 14.9. The zero-order valence-electron chi connectivity index (χ0n) is 24.1. The molecule has 7 aromatic rings. The van der Waals surface area contributed by atoms with Crippen LogP contribution in [0.2, 0.25) is 0 Å². The lowest BCUT2D eigenvalue weighted by Crippen LogP contribution is -2.21. The van der Waals surface area contributed by atoms with Gasteiger partial charge in [-0.1, -0.05) is 140 Å². The minimum atomic E-state index is -0.288. The maximum absolute atomic E-state index is 10.7. The summed E-state index contributed by atoms with van der Waals surface area (Å²) in [6.07, 6.45) is 4.35. The van der Waals surface area contributed by atoms with Crippen LogP contribution in [0.25, 0.3) is 55.1 Å². The van der Waals surface area contributed by atoms with E-state index < -0.39 is 0 Å². The van der Waals surface area contributed by atoms with Crippen LogP contribution >= 0.6 is 0 Å². The minimum absolute atomic E-state index is 0.288. The molecule has 1 unspecified atom stereocenters. The Morgan fingerprint density at radius 3 is 1.48 bits per heavy atom. The third kappa shape index (κ3) is 4.46. The highest BCUT2D eigenvalue weighted by Crippen LogP contribution is 2.44. The van der Waals surface area contributed by atoms with Gasteiger partial charge in [-0.15, -0.1) is 0 Å². The second-order valence-electron chi connectivity index (χ2n) is 11.4. The van der Waals surface area contributed by atoms with E-state index >= 15 is 0 Å². The van der Waals surface area contributed by atoms with E-state index in [0.29, 0.717) is 5.71 Å². The van der Waals surface area contributed by atoms with E-state index in [1.54, 1.807) is 0 Å². The Balaban J connectivity index is 1.45. The summed E-state index contributed by atoms with van der Waals surface area (Å²) >= 11 is 0. The third-order valence-electron chi connectivity index (χ3n) is 8.82. The molecule has 0 amide bonds. The van der Waals surface area contributed by atoms with Gasteiger partial charge < -0.3 is 5.53 Å². The topological polar surface area (TPSA) is 36.4 Å². The van der Waals surface area contributed by atoms with Crippen molar-refractivity contribution in [2.45, 2.75) is 0 Å². The van der Waals surface area contributed by atoms with Gasteiger partial charge in [0, 0.05) is 0 Å². The zero-order chi connectivity index (χ0) is 29.5. The van der Waals surface area contributed by atoms with Crippen LogP contribution in [-0.2, 0) is 0 Å². The first-order chi connectivity index (χ1) is 21.8. The van der Waals surface area contributed by atoms with E-state index in [-0.39, 0.29) is 5.92 Å². The standard InChI is InChI=1S/C42H28N2/c43-44-42(37-22-19-30-11-3-6-15-34(30)27-37)39-24-23-31-12-7-8-16-38(31)41(39)40(35-20-17-28-9-1-4-13-32(28)25-35)36-21-18-29-10-2-5-14-33(29)26-36/h1-27,39H. The zero-order valence-corrected chi connectivity index (χ0v) is 24.1. The second-order valence-corrected chi connectivity index (χ2v) is 11.4. The quantitative estimate of drug-likeness (QED) is 0.117. The van der Waals surface area contributed by atoms with Crippen LogP contribution in [0.15, 0.2) is 158 Å². The lowest BCUT2D eigenvalue weighted by atomic mass is 9.75. The average molecular weight is 561 g/mol. The van der Waals surface area contributed by atoms with Gasteiger partial charge in [0.25, 0.3) is 0 Å². The van der Waals surface area contributed by atoms with Crippen LogP contribution in [0.4, 0.5) is 0 Å². The molecule has 1 atom stereocenters. The van der Waals surface area contributed by atoms with Gasteiger partial charge in [-0.05, 0) is 90.0 Å². The van der Waals surface area contributed by atoms with Crippen LogP contribution < -0.4 is 0 Å². The minimum Gasteiger partial charge on any atom is -0.361 e. The fourth-order valence-corrected chi connectivity index (χ4v) is 6.68. The highest BCUT2D eigenvalue weighted by Gasteiger charge is 2.34. The summed E-state index contributed by atoms with van der Waals surface area (Å²) in [6, 6.07) is 53.5. The molecular weight excluding hydrogens is 532 g/mol. The van der Waals surface area contributed by atoms with Crippen molar-refractivity contribution in [3.63, 3.8) is 0 Å². The summed E-state index contributed by atoms with van der Waals surface area (Å²) in [5.74, 6) is -0.288. The van der Waals surface area contributed by atoms with Gasteiger partial charge in [-0.3, -0.25) is 0 Å². The highest BCUT2D eigenvalue weighted by molar-refractivity contribution is 6.16. The molecule has 0 N–H and O–H groups in total. The Kier molecular flexibility index (Phi) is 6.34. The van der Waals surface area contributed by atoms with Crippen molar-refractivity contribution in [3.8, 4) is 0 Å². The van der Waals surface area contributed by atoms with E-state index in [2.05, 4.69) is 156 Å². The number of allylic oxidation sites excluding steroid dienone is 2. The van der Waals surface area contributed by atoms with Crippen molar-refractivity contribution in [1.82, 2.24) is 0 Å². The molecule has 1 aliphatic rings. The van der Waals surface area contributed by atoms with Gasteiger partial charge in [0.1, 0.15) is 5.92 Å². The van der Waals surface area contributed by atoms with Gasteiger partial charge in [0.2, 0.25) is 0 Å². The van der Waals surface area contributed by atoms with Crippen LogP contribution in [0.3, 0.4) is 0 Å². The molecule has 0 heterocycles. The van der Waals surface area contributed by atoms with Crippen molar-refractivity contribution in [1.29, 1.82) is 0 Å². The number of fused-ring (bicyclic) bond motifs is 4. The summed E-state index contributed by atoms with van der Waals surface area (Å²) in [5, 5.41) is 7.04. The number of benzene rings is 7. The fraction of sp³-hybridized carbons (Fsp3) is 0.0238. The van der Waals surface area contributed by atoms with Gasteiger partial charge >= 0.3 is 5.71 Å². The van der Waals surface area contributed by atoms with Crippen molar-refractivity contribution in [2.24, 2.45) is 5.92 Å². The van der Waals surface area contributed by atoms with Gasteiger partial charge in [-0.25, -0.2) is 0 Å². The fourth-order valence-electron chi connectivity index (χ4n) is 6.68. The molecule has 0 saturated heterocycles. The first-order valence-electron chi connectivity index (χ1n) is 15.0. The lowest BCUT2D eigenvalue weighted by Gasteiger charge is -2.26. The predicted molar refractivity (Wildman–Crippen MR) is 184 cm³/mol. The number of nitrogens with zero attached hydrogens (tertiary/aromatic N) is 2. The lowest BCUT2D eigenvalue weighted by molar-refractivity contribution is -0.00802. The Morgan fingerprint density at radius 2 is 0.932 bits per heavy atom. The van der Waals surface area contributed by atoms with E-state index in [1.165, 1.54) is 21.5 Å². The molecule has 1 aliphatic carbocycles. The maximum atomic E-state index is 10.7. The molecule has 0 bridgehead atoms. The van der Waals surface area contributed by atoms with Crippen molar-refractivity contribution in [2.75, 3.05) is 0 Å². The van der Waals surface area contributed by atoms with Crippen LogP contribution in [0, 0.1) is 5.92 Å². The Hall–Kier alpha value is -5.82. The molecule has 44 heavy (non-hydrogen) atoms. The molecule has 0 saturated carbocycles. The first-order valence-corrected chi connectivity index (χ1v) is 15.0. The van der Waals surface area contributed by atoms with E-state index in [9.17, 15) is 5.53 Å². The third-order valence-corrected chi connectivity index (χ3v) is 8.82. The Labute approximate surface area is 256 Å². The van der Waals surface area contributed by atoms with Crippen LogP contribution in [0.1, 0.15) is 27.8 Å². The smallest absolute Gasteiger partial charge is 0.310 e. The molecule has 7 aromatic carbocycles. The normalized spacial score (nSPS) is 14.0. The number of rotatable bonds is 4. The molecule has 206 valence electrons. The first kappa shape index (κ1) is 25.9. The summed E-state index contributed by atoms with van der Waals surface area (Å²) in [5.41, 5.74) is 19.0. The van der Waals surface area contributed by atoms with E-state index in [4.69, 9.17) is 0 Å². The molecule has 8 rings (SSSR count). The Morgan fingerprint density at radius 1 is 0.477 bits per heavy atom. The summed E-state index contributed by atoms with van der Waals surface area (Å²) in [4.78, 5) is 4.01. The number of hydrogen-bond acceptors (Lipinski definition) is 0. The second kappa shape index (κ2) is 10.8. The summed E-state index contributed by atoms with van der Waals surface area (Å²) in [6.45, 7) is 0.